The van der Waals surface area contributed by atoms with E-state index >= 15 is 0 Å². The Kier molecular flexibility index (Phi) is 3.48. The largest absolute Gasteiger partial charge is 0.324 e. The van der Waals surface area contributed by atoms with Crippen molar-refractivity contribution < 1.29 is 9.59 Å². The zero-order valence-corrected chi connectivity index (χ0v) is 13.4. The zero-order chi connectivity index (χ0) is 15.2. The van der Waals surface area contributed by atoms with Crippen LogP contribution in [0.25, 0.3) is 0 Å². The molecule has 5 heteroatoms. The van der Waals surface area contributed by atoms with Crippen LogP contribution in [0.4, 0.5) is 5.69 Å². The van der Waals surface area contributed by atoms with E-state index in [1.165, 1.54) is 0 Å². The van der Waals surface area contributed by atoms with Crippen LogP contribution in [0.2, 0.25) is 0 Å². The standard InChI is InChI=1S/C16H20N2O2S/c1-10-5-4-6-11(2)14(10)17-15(20)12-9-21-16(3)8-7-13(19)18(12)16/h4-6,12H,7-9H2,1-3H3,(H,17,20)/t12-,16+/m0/s1. The molecule has 21 heavy (non-hydrogen) atoms. The molecule has 112 valence electrons. The average molecular weight is 304 g/mol. The highest BCUT2D eigenvalue weighted by Crippen LogP contribution is 2.47. The molecule has 1 aromatic carbocycles. The minimum absolute atomic E-state index is 0.0705. The van der Waals surface area contributed by atoms with E-state index in [9.17, 15) is 9.59 Å². The van der Waals surface area contributed by atoms with E-state index in [0.717, 1.165) is 23.2 Å². The number of nitrogens with one attached hydrogen (secondary N) is 1. The van der Waals surface area contributed by atoms with Crippen molar-refractivity contribution in [1.82, 2.24) is 4.90 Å². The molecule has 2 fully saturated rings. The van der Waals surface area contributed by atoms with Crippen LogP contribution in [0.15, 0.2) is 18.2 Å². The first-order valence-corrected chi connectivity index (χ1v) is 8.24. The van der Waals surface area contributed by atoms with E-state index in [2.05, 4.69) is 12.2 Å². The number of aryl methyl sites for hydroxylation is 2. The van der Waals surface area contributed by atoms with E-state index < -0.39 is 0 Å². The molecule has 0 unspecified atom stereocenters. The minimum atomic E-state index is -0.353. The lowest BCUT2D eigenvalue weighted by Crippen LogP contribution is -2.48. The van der Waals surface area contributed by atoms with Crippen LogP contribution in [-0.4, -0.2) is 33.4 Å². The predicted octanol–water partition coefficient (Wildman–Crippen LogP) is 2.70. The van der Waals surface area contributed by atoms with Gasteiger partial charge in [-0.3, -0.25) is 9.59 Å². The smallest absolute Gasteiger partial charge is 0.248 e. The Balaban J connectivity index is 1.82. The molecule has 2 amide bonds. The second kappa shape index (κ2) is 5.05. The van der Waals surface area contributed by atoms with Crippen LogP contribution in [0.1, 0.15) is 30.9 Å². The third-order valence-electron chi connectivity index (χ3n) is 4.48. The maximum Gasteiger partial charge on any atom is 0.248 e. The third kappa shape index (κ3) is 2.33. The molecule has 1 aromatic rings. The molecule has 1 N–H and O–H groups in total. The summed E-state index contributed by atoms with van der Waals surface area (Å²) in [6.07, 6.45) is 1.39. The number of amides is 2. The van der Waals surface area contributed by atoms with Gasteiger partial charge in [-0.2, -0.15) is 0 Å². The van der Waals surface area contributed by atoms with Crippen LogP contribution >= 0.6 is 11.8 Å². The number of anilines is 1. The summed E-state index contributed by atoms with van der Waals surface area (Å²) in [7, 11) is 0. The molecular formula is C16H20N2O2S. The van der Waals surface area contributed by atoms with Crippen molar-refractivity contribution in [3.8, 4) is 0 Å². The summed E-state index contributed by atoms with van der Waals surface area (Å²) in [5, 5.41) is 3.02. The van der Waals surface area contributed by atoms with Crippen molar-refractivity contribution in [2.24, 2.45) is 0 Å². The highest BCUT2D eigenvalue weighted by Gasteiger charge is 2.52. The van der Waals surface area contributed by atoms with Crippen molar-refractivity contribution in [3.63, 3.8) is 0 Å². The maximum absolute atomic E-state index is 12.6. The Hall–Kier alpha value is -1.49. The van der Waals surface area contributed by atoms with E-state index in [1.807, 2.05) is 32.0 Å². The number of thioether (sulfide) groups is 1. The normalized spacial score (nSPS) is 27.9. The molecule has 3 rings (SSSR count). The van der Waals surface area contributed by atoms with Gasteiger partial charge < -0.3 is 10.2 Å². The SMILES string of the molecule is Cc1cccc(C)c1NC(=O)[C@@H]1CS[C@]2(C)CCC(=O)N12. The Morgan fingerprint density at radius 3 is 2.71 bits per heavy atom. The Morgan fingerprint density at radius 2 is 2.05 bits per heavy atom. The summed E-state index contributed by atoms with van der Waals surface area (Å²) in [6.45, 7) is 6.03. The third-order valence-corrected chi connectivity index (χ3v) is 5.98. The molecule has 2 aliphatic heterocycles. The first-order chi connectivity index (χ1) is 9.92. The molecule has 2 heterocycles. The second-order valence-electron chi connectivity index (χ2n) is 6.02. The van der Waals surface area contributed by atoms with Gasteiger partial charge in [0.15, 0.2) is 0 Å². The Bertz CT molecular complexity index is 596. The number of nitrogens with zero attached hydrogens (tertiary/aromatic N) is 1. The summed E-state index contributed by atoms with van der Waals surface area (Å²) in [4.78, 5) is 26.3. The Morgan fingerprint density at radius 1 is 1.38 bits per heavy atom. The van der Waals surface area contributed by atoms with Crippen LogP contribution in [0.5, 0.6) is 0 Å². The monoisotopic (exact) mass is 304 g/mol. The molecular weight excluding hydrogens is 284 g/mol. The van der Waals surface area contributed by atoms with Gasteiger partial charge in [0.25, 0.3) is 0 Å². The number of hydrogen-bond acceptors (Lipinski definition) is 3. The number of carbonyl (C=O) groups excluding carboxylic acids is 2. The topological polar surface area (TPSA) is 49.4 Å². The van der Waals surface area contributed by atoms with Gasteiger partial charge in [-0.1, -0.05) is 18.2 Å². The molecule has 2 atom stereocenters. The van der Waals surface area contributed by atoms with E-state index in [1.54, 1.807) is 16.7 Å². The average Bonchev–Trinajstić information content (AvgIpc) is 2.91. The van der Waals surface area contributed by atoms with Gasteiger partial charge in [-0.15, -0.1) is 11.8 Å². The van der Waals surface area contributed by atoms with Crippen LogP contribution in [-0.2, 0) is 9.59 Å². The van der Waals surface area contributed by atoms with Gasteiger partial charge >= 0.3 is 0 Å². The fourth-order valence-electron chi connectivity index (χ4n) is 3.23. The summed E-state index contributed by atoms with van der Waals surface area (Å²) in [5.74, 6) is 0.710. The first-order valence-electron chi connectivity index (χ1n) is 7.25. The van der Waals surface area contributed by atoms with E-state index in [-0.39, 0.29) is 22.7 Å². The Labute approximate surface area is 129 Å². The molecule has 0 spiro atoms. The quantitative estimate of drug-likeness (QED) is 0.914. The second-order valence-corrected chi connectivity index (χ2v) is 7.52. The van der Waals surface area contributed by atoms with Gasteiger partial charge in [0, 0.05) is 17.9 Å². The number of hydrogen-bond donors (Lipinski definition) is 1. The minimum Gasteiger partial charge on any atom is -0.324 e. The number of fused-ring (bicyclic) bond motifs is 1. The number of para-hydroxylation sites is 1. The summed E-state index contributed by atoms with van der Waals surface area (Å²) in [6, 6.07) is 5.59. The summed E-state index contributed by atoms with van der Waals surface area (Å²) >= 11 is 1.72. The molecule has 0 saturated carbocycles. The fourth-order valence-corrected chi connectivity index (χ4v) is 4.66. The van der Waals surface area contributed by atoms with Crippen LogP contribution in [0, 0.1) is 13.8 Å². The zero-order valence-electron chi connectivity index (χ0n) is 12.6. The number of benzene rings is 1. The van der Waals surface area contributed by atoms with Gasteiger partial charge in [-0.25, -0.2) is 0 Å². The van der Waals surface area contributed by atoms with Crippen molar-refractivity contribution in [3.05, 3.63) is 29.3 Å². The molecule has 4 nitrogen and oxygen atoms in total. The van der Waals surface area contributed by atoms with Gasteiger partial charge in [0.1, 0.15) is 6.04 Å². The molecule has 0 aromatic heterocycles. The highest BCUT2D eigenvalue weighted by atomic mass is 32.2. The van der Waals surface area contributed by atoms with Crippen molar-refractivity contribution in [2.75, 3.05) is 11.1 Å². The number of rotatable bonds is 2. The van der Waals surface area contributed by atoms with Crippen molar-refractivity contribution in [1.29, 1.82) is 0 Å². The van der Waals surface area contributed by atoms with E-state index in [0.29, 0.717) is 12.2 Å². The lowest BCUT2D eigenvalue weighted by molar-refractivity contribution is -0.135. The van der Waals surface area contributed by atoms with Gasteiger partial charge in [0.05, 0.1) is 4.87 Å². The van der Waals surface area contributed by atoms with Crippen molar-refractivity contribution >= 4 is 29.3 Å². The van der Waals surface area contributed by atoms with Crippen molar-refractivity contribution in [2.45, 2.75) is 44.5 Å². The lowest BCUT2D eigenvalue weighted by atomic mass is 10.1. The van der Waals surface area contributed by atoms with Gasteiger partial charge in [-0.05, 0) is 38.3 Å². The molecule has 0 bridgehead atoms. The summed E-state index contributed by atoms with van der Waals surface area (Å²) < 4.78 is 0. The van der Waals surface area contributed by atoms with Crippen LogP contribution < -0.4 is 5.32 Å². The molecule has 0 aliphatic carbocycles. The first kappa shape index (κ1) is 14.4. The molecule has 0 radical (unpaired) electrons. The van der Waals surface area contributed by atoms with Gasteiger partial charge in [0.2, 0.25) is 11.8 Å². The fraction of sp³-hybridized carbons (Fsp3) is 0.500. The van der Waals surface area contributed by atoms with E-state index in [4.69, 9.17) is 0 Å². The number of carbonyl (C=O) groups is 2. The molecule has 2 saturated heterocycles. The molecule has 2 aliphatic rings. The maximum atomic E-state index is 12.6. The van der Waals surface area contributed by atoms with Crippen LogP contribution in [0.3, 0.4) is 0 Å². The predicted molar refractivity (Wildman–Crippen MR) is 85.3 cm³/mol. The lowest BCUT2D eigenvalue weighted by Gasteiger charge is -2.30. The highest BCUT2D eigenvalue weighted by molar-refractivity contribution is 8.01. The summed E-state index contributed by atoms with van der Waals surface area (Å²) in [5.41, 5.74) is 2.96.